The van der Waals surface area contributed by atoms with E-state index in [1.54, 1.807) is 0 Å². The first kappa shape index (κ1) is 32.7. The molecule has 2 aliphatic heterocycles. The topological polar surface area (TPSA) is 56.2 Å². The summed E-state index contributed by atoms with van der Waals surface area (Å²) < 4.78 is 20.4. The minimum absolute atomic E-state index is 0.602. The Morgan fingerprint density at radius 1 is 1.11 bits per heavy atom. The van der Waals surface area contributed by atoms with E-state index < -0.39 is 9.84 Å². The number of likely N-dealkylation sites (tertiary alicyclic amines) is 1. The van der Waals surface area contributed by atoms with E-state index in [2.05, 4.69) is 96.4 Å². The van der Waals surface area contributed by atoms with Crippen LogP contribution in [-0.4, -0.2) is 86.3 Å². The van der Waals surface area contributed by atoms with Gasteiger partial charge < -0.3 is 4.90 Å². The lowest BCUT2D eigenvalue weighted by Gasteiger charge is -2.48. The van der Waals surface area contributed by atoms with Gasteiger partial charge in [-0.1, -0.05) is 40.6 Å². The standard InChI is InChI=1S/C28H43BrN4.C2H6O2S/c1-7-22(5)28(30-18-21(3)4)32-15-16-33(26(8-2)20-32)27-11-13-31(14-12-27)19-24-9-10-25(29)17-23(24)6;1-5(2,3)4/h7,9-10,17-18,26-27H,8,11-16,19-20H2,1-6H3;1-2H3/b22-7-,30-28?;. The molecule has 3 rings (SSSR count). The molecule has 2 aliphatic rings. The molecule has 0 saturated carbocycles. The molecule has 1 aromatic rings. The number of halogens is 1. The molecule has 0 aliphatic carbocycles. The summed E-state index contributed by atoms with van der Waals surface area (Å²) in [4.78, 5) is 12.9. The Morgan fingerprint density at radius 3 is 2.26 bits per heavy atom. The molecule has 2 heterocycles. The molecule has 0 amide bonds. The van der Waals surface area contributed by atoms with Crippen LogP contribution in [0.25, 0.3) is 0 Å². The van der Waals surface area contributed by atoms with Crippen LogP contribution in [0.5, 0.6) is 0 Å². The second-order valence-corrected chi connectivity index (χ2v) is 14.3. The minimum Gasteiger partial charge on any atom is -0.354 e. The predicted octanol–water partition coefficient (Wildman–Crippen LogP) is 6.07. The van der Waals surface area contributed by atoms with E-state index >= 15 is 0 Å². The Bertz CT molecular complexity index is 1090. The number of rotatable bonds is 6. The zero-order valence-corrected chi connectivity index (χ0v) is 27.2. The van der Waals surface area contributed by atoms with Gasteiger partial charge in [0.05, 0.1) is 0 Å². The number of nitrogens with zero attached hydrogens (tertiary/aromatic N) is 4. The van der Waals surface area contributed by atoms with Gasteiger partial charge in [-0.3, -0.25) is 9.80 Å². The van der Waals surface area contributed by atoms with Gasteiger partial charge in [0.25, 0.3) is 0 Å². The highest BCUT2D eigenvalue weighted by atomic mass is 79.9. The van der Waals surface area contributed by atoms with Crippen molar-refractivity contribution >= 4 is 31.6 Å². The number of hydrogen-bond acceptors (Lipinski definition) is 5. The quantitative estimate of drug-likeness (QED) is 0.290. The molecule has 1 unspecified atom stereocenters. The molecule has 1 atom stereocenters. The van der Waals surface area contributed by atoms with Crippen molar-refractivity contribution in [3.63, 3.8) is 0 Å². The smallest absolute Gasteiger partial charge is 0.144 e. The van der Waals surface area contributed by atoms with E-state index in [4.69, 9.17) is 4.99 Å². The van der Waals surface area contributed by atoms with Crippen molar-refractivity contribution in [2.45, 2.75) is 79.4 Å². The zero-order valence-electron chi connectivity index (χ0n) is 24.8. The highest BCUT2D eigenvalue weighted by molar-refractivity contribution is 9.10. The van der Waals surface area contributed by atoms with Crippen LogP contribution in [0, 0.1) is 6.92 Å². The van der Waals surface area contributed by atoms with Gasteiger partial charge in [-0.25, -0.2) is 13.4 Å². The fourth-order valence-electron chi connectivity index (χ4n) is 5.14. The van der Waals surface area contributed by atoms with Crippen molar-refractivity contribution in [2.24, 2.45) is 4.99 Å². The second kappa shape index (κ2) is 15.3. The highest BCUT2D eigenvalue weighted by Gasteiger charge is 2.34. The number of sulfone groups is 1. The summed E-state index contributed by atoms with van der Waals surface area (Å²) in [6.07, 6.45) is 10.3. The van der Waals surface area contributed by atoms with Gasteiger partial charge in [0.1, 0.15) is 15.7 Å². The summed E-state index contributed by atoms with van der Waals surface area (Å²) >= 11 is 3.59. The summed E-state index contributed by atoms with van der Waals surface area (Å²) in [5.74, 6) is 1.15. The van der Waals surface area contributed by atoms with Gasteiger partial charge in [-0.2, -0.15) is 0 Å². The van der Waals surface area contributed by atoms with Crippen LogP contribution in [0.15, 0.2) is 51.1 Å². The first-order chi connectivity index (χ1) is 17.8. The molecule has 0 N–H and O–H groups in total. The maximum Gasteiger partial charge on any atom is 0.144 e. The minimum atomic E-state index is -2.67. The lowest BCUT2D eigenvalue weighted by atomic mass is 9.97. The van der Waals surface area contributed by atoms with E-state index in [0.717, 1.165) is 44.5 Å². The number of amidine groups is 1. The van der Waals surface area contributed by atoms with E-state index in [9.17, 15) is 8.42 Å². The third-order valence-electron chi connectivity index (χ3n) is 7.25. The van der Waals surface area contributed by atoms with Crippen LogP contribution < -0.4 is 0 Å². The van der Waals surface area contributed by atoms with Crippen LogP contribution in [0.1, 0.15) is 65.0 Å². The molecule has 1 aromatic carbocycles. The predicted molar refractivity (Wildman–Crippen MR) is 167 cm³/mol. The fraction of sp³-hybridized carbons (Fsp3) is 0.633. The average molecular weight is 610 g/mol. The second-order valence-electron chi connectivity index (χ2n) is 11.1. The lowest BCUT2D eigenvalue weighted by Crippen LogP contribution is -2.59. The van der Waals surface area contributed by atoms with Crippen LogP contribution in [0.4, 0.5) is 0 Å². The maximum atomic E-state index is 9.63. The lowest BCUT2D eigenvalue weighted by molar-refractivity contribution is 0.0314. The molecule has 8 heteroatoms. The summed E-state index contributed by atoms with van der Waals surface area (Å²) in [6.45, 7) is 19.9. The van der Waals surface area contributed by atoms with Crippen LogP contribution in [0.2, 0.25) is 0 Å². The van der Waals surface area contributed by atoms with Crippen LogP contribution in [0.3, 0.4) is 0 Å². The molecule has 0 aromatic heterocycles. The number of aryl methyl sites for hydroxylation is 1. The number of hydrogen-bond donors (Lipinski definition) is 0. The fourth-order valence-corrected chi connectivity index (χ4v) is 5.62. The Balaban J connectivity index is 0.000000926. The molecular formula is C30H49BrN4O2S. The highest BCUT2D eigenvalue weighted by Crippen LogP contribution is 2.26. The third kappa shape index (κ3) is 10.9. The van der Waals surface area contributed by atoms with Crippen molar-refractivity contribution in [3.8, 4) is 0 Å². The Morgan fingerprint density at radius 2 is 1.74 bits per heavy atom. The van der Waals surface area contributed by atoms with E-state index in [1.165, 1.54) is 59.1 Å². The first-order valence-electron chi connectivity index (χ1n) is 13.8. The molecule has 2 fully saturated rings. The van der Waals surface area contributed by atoms with Crippen molar-refractivity contribution in [1.29, 1.82) is 0 Å². The van der Waals surface area contributed by atoms with Crippen molar-refractivity contribution in [1.82, 2.24) is 14.7 Å². The van der Waals surface area contributed by atoms with Crippen molar-refractivity contribution in [3.05, 3.63) is 57.2 Å². The number of benzene rings is 1. The van der Waals surface area contributed by atoms with E-state index in [1.807, 2.05) is 6.20 Å². The number of allylic oxidation sites excluding steroid dienone is 2. The Labute approximate surface area is 240 Å². The normalized spacial score (nSPS) is 20.7. The monoisotopic (exact) mass is 608 g/mol. The molecular weight excluding hydrogens is 560 g/mol. The number of aliphatic imine (C=N–C) groups is 1. The van der Waals surface area contributed by atoms with Crippen molar-refractivity contribution in [2.75, 3.05) is 45.2 Å². The van der Waals surface area contributed by atoms with Crippen molar-refractivity contribution < 1.29 is 8.42 Å². The molecule has 214 valence electrons. The van der Waals surface area contributed by atoms with Gasteiger partial charge in [0.2, 0.25) is 0 Å². The third-order valence-corrected chi connectivity index (χ3v) is 7.75. The number of piperazine rings is 1. The van der Waals surface area contributed by atoms with Crippen LogP contribution >= 0.6 is 15.9 Å². The molecule has 0 spiro atoms. The molecule has 2 saturated heterocycles. The zero-order chi connectivity index (χ0) is 28.5. The SMILES string of the molecule is C/C=C(/C)C(=NC=C(C)C)N1CCN(C2CCN(Cc3ccc(Br)cc3C)CC2)C(CC)C1.CS(C)(=O)=O. The first-order valence-corrected chi connectivity index (χ1v) is 16.9. The van der Waals surface area contributed by atoms with Gasteiger partial charge >= 0.3 is 0 Å². The summed E-state index contributed by atoms with van der Waals surface area (Å²) in [5, 5.41) is 0. The Hall–Kier alpha value is -1.48. The van der Waals surface area contributed by atoms with Gasteiger partial charge in [0, 0.05) is 61.4 Å². The molecule has 6 nitrogen and oxygen atoms in total. The van der Waals surface area contributed by atoms with E-state index in [0.29, 0.717) is 12.1 Å². The summed E-state index contributed by atoms with van der Waals surface area (Å²) in [5.41, 5.74) is 5.36. The Kier molecular flexibility index (Phi) is 13.2. The van der Waals surface area contributed by atoms with Crippen LogP contribution in [-0.2, 0) is 16.4 Å². The summed E-state index contributed by atoms with van der Waals surface area (Å²) in [7, 11) is -2.67. The van der Waals surface area contributed by atoms with E-state index in [-0.39, 0.29) is 0 Å². The largest absolute Gasteiger partial charge is 0.354 e. The molecule has 0 radical (unpaired) electrons. The summed E-state index contributed by atoms with van der Waals surface area (Å²) in [6, 6.07) is 7.99. The molecule has 38 heavy (non-hydrogen) atoms. The number of piperidine rings is 1. The average Bonchev–Trinajstić information content (AvgIpc) is 2.85. The van der Waals surface area contributed by atoms with Gasteiger partial charge in [0.15, 0.2) is 0 Å². The maximum absolute atomic E-state index is 9.63. The molecule has 0 bridgehead atoms. The van der Waals surface area contributed by atoms with Gasteiger partial charge in [-0.15, -0.1) is 0 Å². The van der Waals surface area contributed by atoms with Gasteiger partial charge in [-0.05, 0) is 95.8 Å².